The number of hydrogen-bond acceptors (Lipinski definition) is 5. The number of hydrogen-bond donors (Lipinski definition) is 2. The number of rotatable bonds is 2. The van der Waals surface area contributed by atoms with E-state index in [1.54, 1.807) is 0 Å². The van der Waals surface area contributed by atoms with Crippen molar-refractivity contribution in [1.29, 1.82) is 0 Å². The quantitative estimate of drug-likeness (QED) is 0.751. The number of halogens is 3. The van der Waals surface area contributed by atoms with Gasteiger partial charge in [0.05, 0.1) is 12.8 Å². The molecule has 1 spiro atoms. The van der Waals surface area contributed by atoms with Crippen LogP contribution in [0.15, 0.2) is 12.4 Å². The molecule has 2 unspecified atom stereocenters. The van der Waals surface area contributed by atoms with Crippen LogP contribution in [0.25, 0.3) is 0 Å². The van der Waals surface area contributed by atoms with Gasteiger partial charge in [-0.25, -0.2) is 4.79 Å². The van der Waals surface area contributed by atoms with Gasteiger partial charge >= 0.3 is 12.1 Å². The second-order valence-electron chi connectivity index (χ2n) is 7.76. The molecular formula is C18H25F3N4O4. The van der Waals surface area contributed by atoms with Crippen LogP contribution in [0.2, 0.25) is 0 Å². The van der Waals surface area contributed by atoms with Gasteiger partial charge in [-0.15, -0.1) is 0 Å². The maximum absolute atomic E-state index is 12.1. The number of ether oxygens (including phenoxy) is 1. The summed E-state index contributed by atoms with van der Waals surface area (Å²) in [6.07, 6.45) is 2.68. The minimum Gasteiger partial charge on any atom is -0.475 e. The first-order valence-electron chi connectivity index (χ1n) is 9.52. The van der Waals surface area contributed by atoms with E-state index in [-0.39, 0.29) is 17.4 Å². The molecule has 11 heteroatoms. The van der Waals surface area contributed by atoms with Crippen molar-refractivity contribution >= 4 is 11.9 Å². The molecular weight excluding hydrogens is 393 g/mol. The maximum Gasteiger partial charge on any atom is 0.490 e. The number of piperidine rings is 1. The van der Waals surface area contributed by atoms with Gasteiger partial charge in [0.1, 0.15) is 0 Å². The molecule has 162 valence electrons. The second kappa shape index (κ2) is 8.31. The number of aryl methyl sites for hydroxylation is 1. The molecule has 0 saturated carbocycles. The Morgan fingerprint density at radius 2 is 2.03 bits per heavy atom. The van der Waals surface area contributed by atoms with Crippen LogP contribution in [-0.4, -0.2) is 75.7 Å². The number of alkyl halides is 3. The number of aliphatic carboxylic acids is 1. The SMILES string of the molecule is Cn1cc(C2CC(=O)NC23CCN(C2CCOC2)CC3)cn1.O=C(O)C(F)(F)F. The molecule has 0 bridgehead atoms. The predicted molar refractivity (Wildman–Crippen MR) is 95.2 cm³/mol. The predicted octanol–water partition coefficient (Wildman–Crippen LogP) is 1.28. The monoisotopic (exact) mass is 418 g/mol. The molecule has 0 aromatic carbocycles. The number of aromatic nitrogens is 2. The van der Waals surface area contributed by atoms with E-state index in [1.165, 1.54) is 5.56 Å². The highest BCUT2D eigenvalue weighted by molar-refractivity contribution is 5.81. The Kier molecular flexibility index (Phi) is 6.18. The lowest BCUT2D eigenvalue weighted by molar-refractivity contribution is -0.192. The van der Waals surface area contributed by atoms with Gasteiger partial charge in [0.2, 0.25) is 5.91 Å². The summed E-state index contributed by atoms with van der Waals surface area (Å²) in [6, 6.07) is 0.575. The van der Waals surface area contributed by atoms with Gasteiger partial charge in [-0.1, -0.05) is 0 Å². The Labute approximate surface area is 166 Å². The van der Waals surface area contributed by atoms with Gasteiger partial charge < -0.3 is 15.2 Å². The molecule has 4 rings (SSSR count). The number of nitrogens with one attached hydrogen (secondary N) is 1. The zero-order chi connectivity index (χ0) is 21.2. The van der Waals surface area contributed by atoms with E-state index in [9.17, 15) is 18.0 Å². The smallest absolute Gasteiger partial charge is 0.475 e. The molecule has 2 N–H and O–H groups in total. The summed E-state index contributed by atoms with van der Waals surface area (Å²) in [5.74, 6) is -2.31. The largest absolute Gasteiger partial charge is 0.490 e. The molecule has 2 atom stereocenters. The third-order valence-electron chi connectivity index (χ3n) is 5.93. The fourth-order valence-corrected chi connectivity index (χ4v) is 4.43. The first kappa shape index (κ1) is 21.6. The van der Waals surface area contributed by atoms with Crippen molar-refractivity contribution in [2.75, 3.05) is 26.3 Å². The van der Waals surface area contributed by atoms with Crippen LogP contribution in [0.1, 0.15) is 37.2 Å². The number of carboxylic acids is 1. The van der Waals surface area contributed by atoms with E-state index >= 15 is 0 Å². The fraction of sp³-hybridized carbons (Fsp3) is 0.722. The lowest BCUT2D eigenvalue weighted by Gasteiger charge is -2.44. The van der Waals surface area contributed by atoms with Crippen molar-refractivity contribution in [3.05, 3.63) is 18.0 Å². The molecule has 1 aromatic heterocycles. The van der Waals surface area contributed by atoms with Crippen LogP contribution < -0.4 is 5.32 Å². The number of carbonyl (C=O) groups is 2. The number of carboxylic acid groups (broad SMARTS) is 1. The van der Waals surface area contributed by atoms with E-state index in [1.807, 2.05) is 17.9 Å². The van der Waals surface area contributed by atoms with E-state index in [0.717, 1.165) is 45.6 Å². The molecule has 0 radical (unpaired) electrons. The highest BCUT2D eigenvalue weighted by Crippen LogP contribution is 2.43. The summed E-state index contributed by atoms with van der Waals surface area (Å²) in [6.45, 7) is 3.85. The number of likely N-dealkylation sites (tertiary alicyclic amines) is 1. The molecule has 0 aliphatic carbocycles. The minimum absolute atomic E-state index is 0.0733. The second-order valence-corrected chi connectivity index (χ2v) is 7.76. The average molecular weight is 418 g/mol. The number of nitrogens with zero attached hydrogens (tertiary/aromatic N) is 3. The minimum atomic E-state index is -5.08. The first-order valence-corrected chi connectivity index (χ1v) is 9.52. The molecule has 3 saturated heterocycles. The standard InChI is InChI=1S/C16H24N4O2.C2HF3O2/c1-19-10-12(9-17-19)14-8-15(21)18-16(14)3-5-20(6-4-16)13-2-7-22-11-13;3-2(4,5)1(6)7/h9-10,13-14H,2-8,11H2,1H3,(H,18,21);(H,6,7). The Morgan fingerprint density at radius 3 is 2.52 bits per heavy atom. The van der Waals surface area contributed by atoms with Gasteiger partial charge in [-0.2, -0.15) is 18.3 Å². The normalized spacial score (nSPS) is 26.8. The van der Waals surface area contributed by atoms with Crippen LogP contribution in [0.4, 0.5) is 13.2 Å². The lowest BCUT2D eigenvalue weighted by Crippen LogP contribution is -2.55. The van der Waals surface area contributed by atoms with Crippen molar-refractivity contribution in [2.24, 2.45) is 7.05 Å². The van der Waals surface area contributed by atoms with Crippen LogP contribution in [-0.2, 0) is 21.4 Å². The summed E-state index contributed by atoms with van der Waals surface area (Å²) >= 11 is 0. The highest BCUT2D eigenvalue weighted by atomic mass is 19.4. The van der Waals surface area contributed by atoms with Crippen molar-refractivity contribution in [3.8, 4) is 0 Å². The highest BCUT2D eigenvalue weighted by Gasteiger charge is 2.49. The van der Waals surface area contributed by atoms with Gasteiger partial charge in [0.15, 0.2) is 0 Å². The summed E-state index contributed by atoms with van der Waals surface area (Å²) < 4.78 is 39.1. The van der Waals surface area contributed by atoms with Gasteiger partial charge in [0, 0.05) is 56.9 Å². The zero-order valence-corrected chi connectivity index (χ0v) is 16.1. The molecule has 4 heterocycles. The van der Waals surface area contributed by atoms with Crippen molar-refractivity contribution in [1.82, 2.24) is 20.0 Å². The Bertz CT molecular complexity index is 738. The molecule has 8 nitrogen and oxygen atoms in total. The van der Waals surface area contributed by atoms with E-state index in [4.69, 9.17) is 14.6 Å². The van der Waals surface area contributed by atoms with E-state index in [0.29, 0.717) is 12.5 Å². The van der Waals surface area contributed by atoms with Crippen molar-refractivity contribution in [3.63, 3.8) is 0 Å². The lowest BCUT2D eigenvalue weighted by atomic mass is 9.75. The molecule has 3 fully saturated rings. The summed E-state index contributed by atoms with van der Waals surface area (Å²) in [7, 11) is 1.93. The topological polar surface area (TPSA) is 96.7 Å². The Morgan fingerprint density at radius 1 is 1.38 bits per heavy atom. The van der Waals surface area contributed by atoms with E-state index in [2.05, 4.69) is 21.5 Å². The zero-order valence-electron chi connectivity index (χ0n) is 16.1. The summed E-state index contributed by atoms with van der Waals surface area (Å²) in [4.78, 5) is 23.5. The average Bonchev–Trinajstić information content (AvgIpc) is 3.37. The molecule has 3 aliphatic heterocycles. The van der Waals surface area contributed by atoms with Crippen LogP contribution in [0.3, 0.4) is 0 Å². The number of carbonyl (C=O) groups excluding carboxylic acids is 1. The third kappa shape index (κ3) is 4.89. The molecule has 3 aliphatic rings. The van der Waals surface area contributed by atoms with Crippen molar-refractivity contribution < 1.29 is 32.6 Å². The molecule has 1 aromatic rings. The molecule has 29 heavy (non-hydrogen) atoms. The van der Waals surface area contributed by atoms with Crippen LogP contribution >= 0.6 is 0 Å². The van der Waals surface area contributed by atoms with Gasteiger partial charge in [-0.05, 0) is 24.8 Å². The third-order valence-corrected chi connectivity index (χ3v) is 5.93. The van der Waals surface area contributed by atoms with Crippen molar-refractivity contribution in [2.45, 2.75) is 49.4 Å². The van der Waals surface area contributed by atoms with Crippen LogP contribution in [0, 0.1) is 0 Å². The fourth-order valence-electron chi connectivity index (χ4n) is 4.43. The summed E-state index contributed by atoms with van der Waals surface area (Å²) in [5.41, 5.74) is 1.12. The number of amides is 1. The Hall–Kier alpha value is -2.14. The van der Waals surface area contributed by atoms with Crippen LogP contribution in [0.5, 0.6) is 0 Å². The molecule has 1 amide bonds. The van der Waals surface area contributed by atoms with Gasteiger partial charge in [-0.3, -0.25) is 14.4 Å². The summed E-state index contributed by atoms with van der Waals surface area (Å²) in [5, 5.41) is 14.7. The first-order chi connectivity index (χ1) is 13.6. The van der Waals surface area contributed by atoms with E-state index < -0.39 is 12.1 Å². The van der Waals surface area contributed by atoms with Gasteiger partial charge in [0.25, 0.3) is 0 Å². The Balaban J connectivity index is 0.000000298. The maximum atomic E-state index is 12.1.